The molecular weight excluding hydrogens is 436 g/mol. The molecule has 0 radical (unpaired) electrons. The van der Waals surface area contributed by atoms with Crippen molar-refractivity contribution in [1.82, 2.24) is 24.5 Å². The lowest BCUT2D eigenvalue weighted by atomic mass is 9.93. The number of ether oxygens (including phenoxy) is 2. The molecule has 0 amide bonds. The van der Waals surface area contributed by atoms with Crippen LogP contribution in [0.3, 0.4) is 0 Å². The summed E-state index contributed by atoms with van der Waals surface area (Å²) < 4.78 is 13.5. The van der Waals surface area contributed by atoms with Gasteiger partial charge in [-0.3, -0.25) is 4.79 Å². The van der Waals surface area contributed by atoms with E-state index in [2.05, 4.69) is 20.4 Å². The summed E-state index contributed by atoms with van der Waals surface area (Å²) >= 11 is 0. The van der Waals surface area contributed by atoms with Crippen LogP contribution in [0, 0.1) is 6.92 Å². The number of esters is 1. The molecule has 0 bridgehead atoms. The Hall–Kier alpha value is -4.34. The zero-order chi connectivity index (χ0) is 24.5. The third-order valence-electron chi connectivity index (χ3n) is 5.09. The number of methoxy groups -OCH3 is 1. The number of hydrogen-bond acceptors (Lipinski definition) is 8. The van der Waals surface area contributed by atoms with Crippen LogP contribution in [0.15, 0.2) is 58.7 Å². The van der Waals surface area contributed by atoms with E-state index in [4.69, 9.17) is 9.47 Å². The standard InChI is InChI=1S/C24H24N6O4/c1-15-8-6-7-9-17(15)22(32)34-18-11-10-16(12-19(18)33-5)13-26-30-21(31)20(24(2,3)4)28-29-14-25-27-23(29)30/h6-14H,1-5H3/b26-13+. The van der Waals surface area contributed by atoms with E-state index in [-0.39, 0.29) is 17.1 Å². The molecule has 0 aliphatic carbocycles. The number of aryl methyl sites for hydroxylation is 1. The van der Waals surface area contributed by atoms with Crippen LogP contribution in [-0.2, 0) is 5.41 Å². The van der Waals surface area contributed by atoms with Crippen molar-refractivity contribution in [2.24, 2.45) is 5.10 Å². The van der Waals surface area contributed by atoms with Crippen LogP contribution in [0.5, 0.6) is 11.5 Å². The molecule has 2 heterocycles. The Morgan fingerprint density at radius 3 is 2.59 bits per heavy atom. The van der Waals surface area contributed by atoms with Crippen molar-refractivity contribution >= 4 is 18.0 Å². The number of nitrogens with zero attached hydrogens (tertiary/aromatic N) is 6. The summed E-state index contributed by atoms with van der Waals surface area (Å²) in [6.07, 6.45) is 2.90. The average molecular weight is 460 g/mol. The molecule has 0 saturated carbocycles. The third kappa shape index (κ3) is 4.42. The summed E-state index contributed by atoms with van der Waals surface area (Å²) in [5.74, 6) is 0.315. The lowest BCUT2D eigenvalue weighted by Crippen LogP contribution is -2.33. The fourth-order valence-corrected chi connectivity index (χ4v) is 3.28. The van der Waals surface area contributed by atoms with Crippen LogP contribution in [0.1, 0.15) is 48.0 Å². The number of carbonyl (C=O) groups excluding carboxylic acids is 1. The minimum absolute atomic E-state index is 0.185. The second kappa shape index (κ2) is 8.89. The highest BCUT2D eigenvalue weighted by Crippen LogP contribution is 2.28. The Balaban J connectivity index is 1.66. The van der Waals surface area contributed by atoms with Gasteiger partial charge in [-0.1, -0.05) is 39.0 Å². The Morgan fingerprint density at radius 1 is 1.12 bits per heavy atom. The predicted octanol–water partition coefficient (Wildman–Crippen LogP) is 3.00. The van der Waals surface area contributed by atoms with Gasteiger partial charge in [0.1, 0.15) is 12.0 Å². The molecule has 4 rings (SSSR count). The third-order valence-corrected chi connectivity index (χ3v) is 5.09. The van der Waals surface area contributed by atoms with Crippen molar-refractivity contribution < 1.29 is 14.3 Å². The number of carbonyl (C=O) groups is 1. The van der Waals surface area contributed by atoms with E-state index in [1.54, 1.807) is 30.3 Å². The zero-order valence-electron chi connectivity index (χ0n) is 19.5. The highest BCUT2D eigenvalue weighted by Gasteiger charge is 2.24. The summed E-state index contributed by atoms with van der Waals surface area (Å²) in [5, 5.41) is 16.4. The summed E-state index contributed by atoms with van der Waals surface area (Å²) in [6, 6.07) is 12.1. The van der Waals surface area contributed by atoms with E-state index in [1.807, 2.05) is 39.8 Å². The van der Waals surface area contributed by atoms with Gasteiger partial charge in [0.25, 0.3) is 11.3 Å². The molecule has 10 nitrogen and oxygen atoms in total. The number of benzene rings is 2. The zero-order valence-corrected chi connectivity index (χ0v) is 19.5. The molecule has 0 spiro atoms. The maximum atomic E-state index is 13.0. The van der Waals surface area contributed by atoms with Gasteiger partial charge in [-0.25, -0.2) is 4.79 Å². The lowest BCUT2D eigenvalue weighted by molar-refractivity contribution is 0.0729. The summed E-state index contributed by atoms with van der Waals surface area (Å²) in [5.41, 5.74) is 1.34. The SMILES string of the molecule is COc1cc(/C=N/n2c(=O)c(C(C)(C)C)nn3cnnc23)ccc1OC(=O)c1ccccc1C. The molecule has 0 N–H and O–H groups in total. The van der Waals surface area contributed by atoms with Crippen LogP contribution in [0.25, 0.3) is 5.78 Å². The molecule has 2 aromatic carbocycles. The first-order valence-electron chi connectivity index (χ1n) is 10.5. The molecule has 10 heteroatoms. The number of fused-ring (bicyclic) bond motifs is 1. The Morgan fingerprint density at radius 2 is 1.88 bits per heavy atom. The predicted molar refractivity (Wildman–Crippen MR) is 126 cm³/mol. The molecule has 0 saturated heterocycles. The first-order valence-corrected chi connectivity index (χ1v) is 10.5. The molecule has 0 aliphatic rings. The second-order valence-corrected chi connectivity index (χ2v) is 8.65. The fourth-order valence-electron chi connectivity index (χ4n) is 3.28. The first-order chi connectivity index (χ1) is 16.2. The van der Waals surface area contributed by atoms with E-state index in [1.165, 1.54) is 24.2 Å². The molecule has 0 fully saturated rings. The van der Waals surface area contributed by atoms with Crippen molar-refractivity contribution in [1.29, 1.82) is 0 Å². The van der Waals surface area contributed by atoms with E-state index < -0.39 is 11.4 Å². The lowest BCUT2D eigenvalue weighted by Gasteiger charge is -2.16. The van der Waals surface area contributed by atoms with E-state index in [0.29, 0.717) is 22.6 Å². The quantitative estimate of drug-likeness (QED) is 0.256. The highest BCUT2D eigenvalue weighted by molar-refractivity contribution is 5.93. The molecule has 0 aliphatic heterocycles. The summed E-state index contributed by atoms with van der Waals surface area (Å²) in [7, 11) is 1.48. The van der Waals surface area contributed by atoms with Crippen molar-refractivity contribution in [3.8, 4) is 11.5 Å². The van der Waals surface area contributed by atoms with E-state index in [0.717, 1.165) is 10.2 Å². The van der Waals surface area contributed by atoms with Crippen LogP contribution >= 0.6 is 0 Å². The normalized spacial score (nSPS) is 11.8. The highest BCUT2D eigenvalue weighted by atomic mass is 16.6. The van der Waals surface area contributed by atoms with Crippen LogP contribution in [0.4, 0.5) is 0 Å². The maximum Gasteiger partial charge on any atom is 0.343 e. The smallest absolute Gasteiger partial charge is 0.343 e. The molecule has 2 aromatic heterocycles. The number of aromatic nitrogens is 5. The van der Waals surface area contributed by atoms with Gasteiger partial charge in [0, 0.05) is 5.41 Å². The van der Waals surface area contributed by atoms with Gasteiger partial charge < -0.3 is 9.47 Å². The monoisotopic (exact) mass is 460 g/mol. The van der Waals surface area contributed by atoms with Gasteiger partial charge in [-0.05, 0) is 42.3 Å². The first kappa shape index (κ1) is 22.8. The Labute approximate surface area is 195 Å². The average Bonchev–Trinajstić information content (AvgIpc) is 3.27. The molecular formula is C24H24N6O4. The molecule has 0 atom stereocenters. The molecule has 0 unspecified atom stereocenters. The van der Waals surface area contributed by atoms with E-state index in [9.17, 15) is 9.59 Å². The minimum atomic E-state index is -0.501. The summed E-state index contributed by atoms with van der Waals surface area (Å²) in [6.45, 7) is 7.51. The second-order valence-electron chi connectivity index (χ2n) is 8.65. The fraction of sp³-hybridized carbons (Fsp3) is 0.250. The maximum absolute atomic E-state index is 13.0. The van der Waals surface area contributed by atoms with Gasteiger partial charge >= 0.3 is 5.97 Å². The molecule has 174 valence electrons. The van der Waals surface area contributed by atoms with Crippen molar-refractivity contribution in [2.75, 3.05) is 7.11 Å². The van der Waals surface area contributed by atoms with Gasteiger partial charge in [-0.15, -0.1) is 10.2 Å². The van der Waals surface area contributed by atoms with Gasteiger partial charge in [0.2, 0.25) is 0 Å². The van der Waals surface area contributed by atoms with Gasteiger partial charge in [-0.2, -0.15) is 19.4 Å². The topological polar surface area (TPSA) is 113 Å². The molecule has 34 heavy (non-hydrogen) atoms. The van der Waals surface area contributed by atoms with Crippen LogP contribution in [0.2, 0.25) is 0 Å². The van der Waals surface area contributed by atoms with Crippen LogP contribution in [-0.4, -0.2) is 43.8 Å². The Kier molecular flexibility index (Phi) is 5.97. The summed E-state index contributed by atoms with van der Waals surface area (Å²) in [4.78, 5) is 25.6. The number of rotatable bonds is 5. The van der Waals surface area contributed by atoms with Gasteiger partial charge in [0.05, 0.1) is 18.9 Å². The van der Waals surface area contributed by atoms with E-state index >= 15 is 0 Å². The van der Waals surface area contributed by atoms with Crippen molar-refractivity contribution in [2.45, 2.75) is 33.1 Å². The minimum Gasteiger partial charge on any atom is -0.493 e. The number of hydrogen-bond donors (Lipinski definition) is 0. The largest absolute Gasteiger partial charge is 0.493 e. The Bertz CT molecular complexity index is 1460. The van der Waals surface area contributed by atoms with Gasteiger partial charge in [0.15, 0.2) is 11.5 Å². The van der Waals surface area contributed by atoms with Crippen LogP contribution < -0.4 is 15.0 Å². The van der Waals surface area contributed by atoms with Crippen molar-refractivity contribution in [3.63, 3.8) is 0 Å². The van der Waals surface area contributed by atoms with Crippen molar-refractivity contribution in [3.05, 3.63) is 81.5 Å². The molecule has 4 aromatic rings.